The van der Waals surface area contributed by atoms with E-state index in [-0.39, 0.29) is 40.7 Å². The molecule has 4 aliphatic rings. The van der Waals surface area contributed by atoms with Gasteiger partial charge in [0.25, 0.3) is 0 Å². The Bertz CT molecular complexity index is 806. The Morgan fingerprint density at radius 2 is 2.00 bits per heavy atom. The summed E-state index contributed by atoms with van der Waals surface area (Å²) >= 11 is 0. The Morgan fingerprint density at radius 3 is 2.70 bits per heavy atom. The number of phenols is 1. The third-order valence-electron chi connectivity index (χ3n) is 8.47. The molecule has 4 fully saturated rings. The van der Waals surface area contributed by atoms with Crippen LogP contribution in [0, 0.1) is 23.2 Å². The van der Waals surface area contributed by atoms with E-state index in [1.165, 1.54) is 12.8 Å². The van der Waals surface area contributed by atoms with Gasteiger partial charge in [-0.3, -0.25) is 4.79 Å². The van der Waals surface area contributed by atoms with E-state index in [0.29, 0.717) is 19.0 Å². The zero-order valence-electron chi connectivity index (χ0n) is 18.0. The van der Waals surface area contributed by atoms with Crippen molar-refractivity contribution in [3.05, 3.63) is 29.8 Å². The van der Waals surface area contributed by atoms with Crippen LogP contribution in [-0.4, -0.2) is 54.6 Å². The van der Waals surface area contributed by atoms with Crippen molar-refractivity contribution < 1.29 is 29.4 Å². The van der Waals surface area contributed by atoms with E-state index in [4.69, 9.17) is 9.47 Å². The maximum atomic E-state index is 12.8. The second-order valence-corrected chi connectivity index (χ2v) is 10.6. The fourth-order valence-electron chi connectivity index (χ4n) is 6.79. The normalized spacial score (nSPS) is 41.6. The monoisotopic (exact) mass is 416 g/mol. The minimum atomic E-state index is -0.630. The van der Waals surface area contributed by atoms with Crippen LogP contribution in [0.3, 0.4) is 0 Å². The van der Waals surface area contributed by atoms with Crippen LogP contribution in [0.15, 0.2) is 24.3 Å². The van der Waals surface area contributed by atoms with E-state index < -0.39 is 6.10 Å². The molecule has 2 saturated heterocycles. The van der Waals surface area contributed by atoms with E-state index in [1.54, 1.807) is 24.3 Å². The minimum absolute atomic E-state index is 0.0347. The number of phenolic OH excluding ortho intramolecular Hbond substituents is 1. The number of esters is 1. The Kier molecular flexibility index (Phi) is 4.88. The predicted molar refractivity (Wildman–Crippen MR) is 110 cm³/mol. The number of nitrogens with one attached hydrogen (secondary N) is 1. The van der Waals surface area contributed by atoms with Gasteiger partial charge >= 0.3 is 5.97 Å². The van der Waals surface area contributed by atoms with E-state index >= 15 is 0 Å². The van der Waals surface area contributed by atoms with Crippen molar-refractivity contribution >= 4 is 5.97 Å². The Hall–Kier alpha value is -1.63. The van der Waals surface area contributed by atoms with Crippen LogP contribution < -0.4 is 4.90 Å². The summed E-state index contributed by atoms with van der Waals surface area (Å²) in [6.07, 6.45) is 4.97. The molecular weight excluding hydrogens is 382 g/mol. The summed E-state index contributed by atoms with van der Waals surface area (Å²) in [7, 11) is 2.03. The first-order chi connectivity index (χ1) is 14.3. The van der Waals surface area contributed by atoms with Gasteiger partial charge in [0, 0.05) is 5.92 Å². The average molecular weight is 417 g/mol. The number of quaternary nitrogens is 1. The van der Waals surface area contributed by atoms with E-state index in [2.05, 4.69) is 6.92 Å². The fourth-order valence-corrected chi connectivity index (χ4v) is 6.79. The van der Waals surface area contributed by atoms with Crippen molar-refractivity contribution in [1.82, 2.24) is 0 Å². The number of epoxide rings is 1. The SMILES string of the molecule is C[NH+](C[C@H](O)c1ccc(O)cc1)C[C@H]1C(=O)O[C@@H]2C[C@@]3(C)CCC[C@@]4(CO4)[C@@H]3C[C@@H]21. The second-order valence-electron chi connectivity index (χ2n) is 10.6. The van der Waals surface area contributed by atoms with Crippen LogP contribution in [-0.2, 0) is 14.3 Å². The molecule has 2 saturated carbocycles. The smallest absolute Gasteiger partial charge is 0.315 e. The number of carbonyl (C=O) groups excluding carboxylic acids is 1. The minimum Gasteiger partial charge on any atom is -0.508 e. The number of hydrogen-bond acceptors (Lipinski definition) is 5. The molecule has 30 heavy (non-hydrogen) atoms. The number of rotatable bonds is 5. The Labute approximate surface area is 178 Å². The summed E-state index contributed by atoms with van der Waals surface area (Å²) in [5.74, 6) is 0.812. The van der Waals surface area contributed by atoms with E-state index in [0.717, 1.165) is 36.3 Å². The van der Waals surface area contributed by atoms with Crippen LogP contribution in [0.2, 0.25) is 0 Å². The highest BCUT2D eigenvalue weighted by molar-refractivity contribution is 5.75. The molecule has 2 aliphatic heterocycles. The molecule has 6 nitrogen and oxygen atoms in total. The molecule has 1 aromatic rings. The Morgan fingerprint density at radius 1 is 1.27 bits per heavy atom. The fraction of sp³-hybridized carbons (Fsp3) is 0.708. The van der Waals surface area contributed by atoms with Crippen molar-refractivity contribution in [2.75, 3.05) is 26.7 Å². The van der Waals surface area contributed by atoms with Crippen LogP contribution >= 0.6 is 0 Å². The molecule has 0 radical (unpaired) electrons. The molecule has 2 aliphatic carbocycles. The number of aliphatic hydroxyl groups is 1. The number of hydrogen-bond donors (Lipinski definition) is 3. The predicted octanol–water partition coefficient (Wildman–Crippen LogP) is 1.47. The first-order valence-electron chi connectivity index (χ1n) is 11.4. The van der Waals surface area contributed by atoms with E-state index in [1.807, 2.05) is 7.05 Å². The number of carbonyl (C=O) groups is 1. The summed E-state index contributed by atoms with van der Waals surface area (Å²) in [6.45, 7) is 4.45. The van der Waals surface area contributed by atoms with Gasteiger partial charge in [0.1, 0.15) is 30.4 Å². The molecule has 1 spiro atoms. The maximum Gasteiger partial charge on any atom is 0.315 e. The zero-order chi connectivity index (χ0) is 21.1. The lowest BCUT2D eigenvalue weighted by Gasteiger charge is -2.51. The highest BCUT2D eigenvalue weighted by Crippen LogP contribution is 2.62. The van der Waals surface area contributed by atoms with Gasteiger partial charge in [0.15, 0.2) is 0 Å². The molecule has 3 N–H and O–H groups in total. The molecule has 6 heteroatoms. The number of aromatic hydroxyl groups is 1. The Balaban J connectivity index is 1.26. The van der Waals surface area contributed by atoms with Gasteiger partial charge in [-0.25, -0.2) is 0 Å². The van der Waals surface area contributed by atoms with Gasteiger partial charge in [-0.15, -0.1) is 0 Å². The topological polar surface area (TPSA) is 83.7 Å². The third kappa shape index (κ3) is 3.43. The molecule has 164 valence electrons. The number of likely N-dealkylation sites (N-methyl/N-ethyl adjacent to an activating group) is 1. The summed E-state index contributed by atoms with van der Waals surface area (Å²) in [6, 6.07) is 6.66. The van der Waals surface area contributed by atoms with Crippen LogP contribution in [0.25, 0.3) is 0 Å². The van der Waals surface area contributed by atoms with Crippen LogP contribution in [0.4, 0.5) is 0 Å². The number of aliphatic hydroxyl groups excluding tert-OH is 1. The van der Waals surface area contributed by atoms with Crippen LogP contribution in [0.5, 0.6) is 5.75 Å². The van der Waals surface area contributed by atoms with E-state index in [9.17, 15) is 15.0 Å². The summed E-state index contributed by atoms with van der Waals surface area (Å²) < 4.78 is 11.9. The molecule has 0 aromatic heterocycles. The van der Waals surface area contributed by atoms with Gasteiger partial charge < -0.3 is 24.6 Å². The zero-order valence-corrected chi connectivity index (χ0v) is 18.0. The standard InChI is InChI=1S/C24H33NO5/c1-23-8-3-9-24(14-29-24)21(23)10-17-18(22(28)30-20(17)11-23)12-25(2)13-19(27)15-4-6-16(26)7-5-15/h4-7,17-21,26-27H,3,8-14H2,1-2H3/p+1/t17-,18-,19+,20-,21-,23-,24-/m1/s1. The van der Waals surface area contributed by atoms with Gasteiger partial charge in [0.2, 0.25) is 0 Å². The number of ether oxygens (including phenoxy) is 2. The van der Waals surface area contributed by atoms with Gasteiger partial charge in [-0.2, -0.15) is 0 Å². The lowest BCUT2D eigenvalue weighted by Crippen LogP contribution is -3.10. The first kappa shape index (κ1) is 20.3. The number of fused-ring (bicyclic) bond motifs is 3. The molecule has 0 bridgehead atoms. The second kappa shape index (κ2) is 7.21. The highest BCUT2D eigenvalue weighted by Gasteiger charge is 2.65. The van der Waals surface area contributed by atoms with Crippen LogP contribution in [0.1, 0.15) is 50.7 Å². The van der Waals surface area contributed by atoms with Crippen molar-refractivity contribution in [2.24, 2.45) is 23.2 Å². The maximum absolute atomic E-state index is 12.8. The van der Waals surface area contributed by atoms with Crippen molar-refractivity contribution in [3.8, 4) is 5.75 Å². The summed E-state index contributed by atoms with van der Waals surface area (Å²) in [5.41, 5.74) is 1.07. The molecule has 8 atom stereocenters. The molecular formula is C24H34NO5+. The lowest BCUT2D eigenvalue weighted by atomic mass is 9.53. The molecule has 0 amide bonds. The van der Waals surface area contributed by atoms with Crippen molar-refractivity contribution in [1.29, 1.82) is 0 Å². The molecule has 2 heterocycles. The molecule has 1 aromatic carbocycles. The summed E-state index contributed by atoms with van der Waals surface area (Å²) in [4.78, 5) is 13.9. The quantitative estimate of drug-likeness (QED) is 0.500. The lowest BCUT2D eigenvalue weighted by molar-refractivity contribution is -0.886. The summed E-state index contributed by atoms with van der Waals surface area (Å²) in [5, 5.41) is 20.0. The average Bonchev–Trinajstić information content (AvgIpc) is 3.40. The molecule has 5 rings (SSSR count). The van der Waals surface area contributed by atoms with Crippen molar-refractivity contribution in [2.45, 2.75) is 56.8 Å². The largest absolute Gasteiger partial charge is 0.508 e. The van der Waals surface area contributed by atoms with Gasteiger partial charge in [-0.1, -0.05) is 19.1 Å². The first-order valence-corrected chi connectivity index (χ1v) is 11.4. The van der Waals surface area contributed by atoms with Gasteiger partial charge in [-0.05, 0) is 61.1 Å². The van der Waals surface area contributed by atoms with Gasteiger partial charge in [0.05, 0.1) is 25.8 Å². The molecule has 1 unspecified atom stereocenters. The number of benzene rings is 1. The van der Waals surface area contributed by atoms with Crippen molar-refractivity contribution in [3.63, 3.8) is 0 Å². The highest BCUT2D eigenvalue weighted by atomic mass is 16.6. The third-order valence-corrected chi connectivity index (χ3v) is 8.47.